The van der Waals surface area contributed by atoms with Crippen molar-refractivity contribution in [3.05, 3.63) is 70.5 Å². The molecule has 1 aliphatic heterocycles. The number of piperidine rings is 1. The highest BCUT2D eigenvalue weighted by atomic mass is 35.5. The number of nitrogens with zero attached hydrogens (tertiary/aromatic N) is 4. The summed E-state index contributed by atoms with van der Waals surface area (Å²) < 4.78 is 36.3. The molecule has 0 radical (unpaired) electrons. The first-order chi connectivity index (χ1) is 16.5. The van der Waals surface area contributed by atoms with Crippen LogP contribution in [0.25, 0.3) is 22.4 Å². The smallest absolute Gasteiger partial charge is 0.182 e. The summed E-state index contributed by atoms with van der Waals surface area (Å²) in [5.74, 6) is -0.511. The predicted octanol–water partition coefficient (Wildman–Crippen LogP) is 5.34. The Bertz CT molecular complexity index is 1310. The van der Waals surface area contributed by atoms with Crippen molar-refractivity contribution in [2.45, 2.75) is 32.2 Å². The van der Waals surface area contributed by atoms with Crippen LogP contribution in [0.5, 0.6) is 5.75 Å². The van der Waals surface area contributed by atoms with Gasteiger partial charge in [0.1, 0.15) is 28.2 Å². The third-order valence-electron chi connectivity index (χ3n) is 6.08. The van der Waals surface area contributed by atoms with Crippen molar-refractivity contribution in [1.29, 1.82) is 0 Å². The van der Waals surface area contributed by atoms with Gasteiger partial charge in [-0.25, -0.2) is 18.7 Å². The van der Waals surface area contributed by atoms with Gasteiger partial charge in [0.25, 0.3) is 0 Å². The van der Waals surface area contributed by atoms with Gasteiger partial charge in [0.05, 0.1) is 18.7 Å². The van der Waals surface area contributed by atoms with Gasteiger partial charge in [0.15, 0.2) is 5.82 Å². The zero-order valence-electron chi connectivity index (χ0n) is 18.7. The largest absolute Gasteiger partial charge is 0.494 e. The zero-order chi connectivity index (χ0) is 23.7. The van der Waals surface area contributed by atoms with Crippen molar-refractivity contribution in [3.63, 3.8) is 0 Å². The van der Waals surface area contributed by atoms with Crippen LogP contribution in [0.2, 0.25) is 5.15 Å². The summed E-state index contributed by atoms with van der Waals surface area (Å²) in [4.78, 5) is 9.24. The van der Waals surface area contributed by atoms with Gasteiger partial charge < -0.3 is 10.1 Å². The highest BCUT2D eigenvalue weighted by molar-refractivity contribution is 6.29. The van der Waals surface area contributed by atoms with E-state index in [4.69, 9.17) is 21.3 Å². The van der Waals surface area contributed by atoms with Gasteiger partial charge in [0, 0.05) is 34.7 Å². The summed E-state index contributed by atoms with van der Waals surface area (Å²) in [5, 5.41) is 9.17. The second kappa shape index (κ2) is 9.64. The van der Waals surface area contributed by atoms with Crippen LogP contribution in [0.4, 0.5) is 8.78 Å². The van der Waals surface area contributed by atoms with Crippen molar-refractivity contribution in [2.75, 3.05) is 19.7 Å². The van der Waals surface area contributed by atoms with E-state index >= 15 is 0 Å². The fourth-order valence-corrected chi connectivity index (χ4v) is 4.60. The minimum Gasteiger partial charge on any atom is -0.494 e. The molecule has 0 unspecified atom stereocenters. The molecule has 3 heterocycles. The lowest BCUT2D eigenvalue weighted by Crippen LogP contribution is -2.27. The quantitative estimate of drug-likeness (QED) is 0.375. The normalized spacial score (nSPS) is 14.6. The van der Waals surface area contributed by atoms with E-state index in [0.29, 0.717) is 29.2 Å². The maximum absolute atomic E-state index is 14.8. The molecular formula is C25H24ClF2N5O. The molecule has 0 saturated carbocycles. The number of hydrogen-bond acceptors (Lipinski definition) is 5. The number of fused-ring (bicyclic) bond motifs is 1. The van der Waals surface area contributed by atoms with Crippen molar-refractivity contribution < 1.29 is 13.5 Å². The first-order valence-electron chi connectivity index (χ1n) is 11.3. The maximum atomic E-state index is 14.8. The highest BCUT2D eigenvalue weighted by Gasteiger charge is 2.22. The first-order valence-corrected chi connectivity index (χ1v) is 11.7. The van der Waals surface area contributed by atoms with Crippen molar-refractivity contribution >= 4 is 22.5 Å². The van der Waals surface area contributed by atoms with E-state index in [2.05, 4.69) is 15.4 Å². The molecule has 2 aromatic carbocycles. The fraction of sp³-hybridized carbons (Fsp3) is 0.320. The Labute approximate surface area is 200 Å². The van der Waals surface area contributed by atoms with E-state index in [0.717, 1.165) is 42.5 Å². The minimum absolute atomic E-state index is 0.0910. The first kappa shape index (κ1) is 22.7. The number of nitrogens with one attached hydrogen (secondary N) is 1. The summed E-state index contributed by atoms with van der Waals surface area (Å²) in [7, 11) is 0. The molecule has 1 fully saturated rings. The summed E-state index contributed by atoms with van der Waals surface area (Å²) >= 11 is 6.38. The average Bonchev–Trinajstić information content (AvgIpc) is 3.20. The standard InChI is InChI=1S/C25H24ClF2N5O/c1-2-34-16-11-19(27)18(20(28)12-16)14-33-22-6-4-3-5-17(22)24(32-33)25-30-21(13-23(26)31-25)15-7-9-29-10-8-15/h3-6,11-13,15,29H,2,7-10,14H2,1H3. The van der Waals surface area contributed by atoms with Crippen LogP contribution in [0, 0.1) is 11.6 Å². The molecule has 0 spiro atoms. The molecular weight excluding hydrogens is 460 g/mol. The lowest BCUT2D eigenvalue weighted by atomic mass is 9.94. The Morgan fingerprint density at radius 1 is 1.09 bits per heavy atom. The third-order valence-corrected chi connectivity index (χ3v) is 6.27. The van der Waals surface area contributed by atoms with Crippen molar-refractivity contribution in [3.8, 4) is 17.3 Å². The Kier molecular flexibility index (Phi) is 6.43. The molecule has 0 atom stereocenters. The summed E-state index contributed by atoms with van der Waals surface area (Å²) in [6.45, 7) is 3.85. The van der Waals surface area contributed by atoms with Crippen LogP contribution in [0.3, 0.4) is 0 Å². The Hall–Kier alpha value is -3.10. The van der Waals surface area contributed by atoms with Gasteiger partial charge in [0.2, 0.25) is 0 Å². The molecule has 0 bridgehead atoms. The zero-order valence-corrected chi connectivity index (χ0v) is 19.4. The number of aromatic nitrogens is 4. The second-order valence-electron chi connectivity index (χ2n) is 8.29. The van der Waals surface area contributed by atoms with E-state index in [-0.39, 0.29) is 17.9 Å². The van der Waals surface area contributed by atoms with E-state index in [1.807, 2.05) is 30.3 Å². The molecule has 1 aliphatic rings. The molecule has 9 heteroatoms. The van der Waals surface area contributed by atoms with Gasteiger partial charge >= 0.3 is 0 Å². The van der Waals surface area contributed by atoms with Crippen molar-refractivity contribution in [1.82, 2.24) is 25.1 Å². The Balaban J connectivity index is 1.56. The van der Waals surface area contributed by atoms with Gasteiger partial charge in [-0.15, -0.1) is 0 Å². The molecule has 176 valence electrons. The average molecular weight is 484 g/mol. The predicted molar refractivity (Wildman–Crippen MR) is 127 cm³/mol. The summed E-state index contributed by atoms with van der Waals surface area (Å²) in [6.07, 6.45) is 1.94. The molecule has 5 rings (SSSR count). The Morgan fingerprint density at radius 2 is 1.82 bits per heavy atom. The number of rotatable bonds is 6. The topological polar surface area (TPSA) is 64.9 Å². The Morgan fingerprint density at radius 3 is 2.56 bits per heavy atom. The lowest BCUT2D eigenvalue weighted by molar-refractivity contribution is 0.335. The fourth-order valence-electron chi connectivity index (χ4n) is 4.41. The molecule has 0 aliphatic carbocycles. The number of halogens is 3. The number of para-hydroxylation sites is 1. The molecule has 4 aromatic rings. The van der Waals surface area contributed by atoms with E-state index in [1.54, 1.807) is 11.6 Å². The summed E-state index contributed by atoms with van der Waals surface area (Å²) in [6, 6.07) is 11.7. The van der Waals surface area contributed by atoms with Crippen LogP contribution in [-0.4, -0.2) is 39.4 Å². The molecule has 1 saturated heterocycles. The lowest BCUT2D eigenvalue weighted by Gasteiger charge is -2.22. The van der Waals surface area contributed by atoms with Gasteiger partial charge in [-0.3, -0.25) is 4.68 Å². The van der Waals surface area contributed by atoms with E-state index in [1.165, 1.54) is 12.1 Å². The van der Waals surface area contributed by atoms with E-state index < -0.39 is 11.6 Å². The van der Waals surface area contributed by atoms with E-state index in [9.17, 15) is 8.78 Å². The van der Waals surface area contributed by atoms with Crippen LogP contribution in [0.1, 0.15) is 36.9 Å². The molecule has 0 amide bonds. The van der Waals surface area contributed by atoms with Gasteiger partial charge in [-0.05, 0) is 45.0 Å². The van der Waals surface area contributed by atoms with Crippen LogP contribution in [0.15, 0.2) is 42.5 Å². The third kappa shape index (κ3) is 4.48. The molecule has 2 aromatic heterocycles. The van der Waals surface area contributed by atoms with Gasteiger partial charge in [-0.1, -0.05) is 29.8 Å². The van der Waals surface area contributed by atoms with Gasteiger partial charge in [-0.2, -0.15) is 5.10 Å². The van der Waals surface area contributed by atoms with Crippen LogP contribution < -0.4 is 10.1 Å². The monoisotopic (exact) mass is 483 g/mol. The molecule has 6 nitrogen and oxygen atoms in total. The minimum atomic E-state index is -0.684. The molecule has 1 N–H and O–H groups in total. The van der Waals surface area contributed by atoms with Crippen LogP contribution >= 0.6 is 11.6 Å². The number of benzene rings is 2. The summed E-state index contributed by atoms with van der Waals surface area (Å²) in [5.41, 5.74) is 2.04. The second-order valence-corrected chi connectivity index (χ2v) is 8.67. The number of ether oxygens (including phenoxy) is 1. The molecule has 34 heavy (non-hydrogen) atoms. The number of hydrogen-bond donors (Lipinski definition) is 1. The SMILES string of the molecule is CCOc1cc(F)c(Cn2nc(-c3nc(Cl)cc(C4CCNCC4)n3)c3ccccc32)c(F)c1. The highest BCUT2D eigenvalue weighted by Crippen LogP contribution is 2.31. The van der Waals surface area contributed by atoms with Crippen LogP contribution in [-0.2, 0) is 6.54 Å². The van der Waals surface area contributed by atoms with Crippen molar-refractivity contribution in [2.24, 2.45) is 0 Å². The maximum Gasteiger partial charge on any atom is 0.182 e.